The van der Waals surface area contributed by atoms with Crippen LogP contribution in [0.3, 0.4) is 0 Å². The van der Waals surface area contributed by atoms with Gasteiger partial charge in [0.15, 0.2) is 0 Å². The molecule has 0 aromatic heterocycles. The lowest BCUT2D eigenvalue weighted by atomic mass is 9.79. The van der Waals surface area contributed by atoms with Crippen LogP contribution in [0.15, 0.2) is 29.4 Å². The lowest BCUT2D eigenvalue weighted by molar-refractivity contribution is 0.0978. The molecule has 5 nitrogen and oxygen atoms in total. The number of hydrogen-bond donors (Lipinski definition) is 1. The predicted molar refractivity (Wildman–Crippen MR) is 68.5 cm³/mol. The van der Waals surface area contributed by atoms with Crippen molar-refractivity contribution in [2.75, 3.05) is 7.11 Å². The van der Waals surface area contributed by atoms with Crippen LogP contribution in [-0.2, 0) is 0 Å². The van der Waals surface area contributed by atoms with Crippen LogP contribution in [0.2, 0.25) is 0 Å². The Morgan fingerprint density at radius 3 is 2.89 bits per heavy atom. The van der Waals surface area contributed by atoms with E-state index >= 15 is 0 Å². The minimum absolute atomic E-state index is 0.0228. The van der Waals surface area contributed by atoms with E-state index in [9.17, 15) is 5.11 Å². The van der Waals surface area contributed by atoms with Crippen LogP contribution >= 0.6 is 0 Å². The third kappa shape index (κ3) is 2.58. The predicted octanol–water partition coefficient (Wildman–Crippen LogP) is 3.00. The van der Waals surface area contributed by atoms with Crippen LogP contribution in [0.1, 0.15) is 30.7 Å². The molecule has 0 radical (unpaired) electrons. The number of hydrogen-bond acceptors (Lipinski definition) is 3. The highest BCUT2D eigenvalue weighted by atomic mass is 16.5. The molecule has 0 unspecified atom stereocenters. The Hall–Kier alpha value is -1.71. The zero-order valence-corrected chi connectivity index (χ0v) is 10.4. The molecule has 0 bridgehead atoms. The fourth-order valence-corrected chi connectivity index (χ4v) is 2.62. The second-order valence-corrected chi connectivity index (χ2v) is 4.59. The zero-order valence-electron chi connectivity index (χ0n) is 10.4. The van der Waals surface area contributed by atoms with Crippen LogP contribution in [-0.4, -0.2) is 24.4 Å². The van der Waals surface area contributed by atoms with Crippen molar-refractivity contribution in [2.24, 2.45) is 5.11 Å². The first-order valence-electron chi connectivity index (χ1n) is 6.11. The van der Waals surface area contributed by atoms with Crippen LogP contribution in [0.4, 0.5) is 0 Å². The summed E-state index contributed by atoms with van der Waals surface area (Å²) in [4.78, 5) is 2.87. The molecule has 18 heavy (non-hydrogen) atoms. The van der Waals surface area contributed by atoms with Gasteiger partial charge in [-0.15, -0.1) is 0 Å². The van der Waals surface area contributed by atoms with Crippen molar-refractivity contribution in [3.8, 4) is 5.75 Å². The molecular weight excluding hydrogens is 230 g/mol. The summed E-state index contributed by atoms with van der Waals surface area (Å²) >= 11 is 0. The molecule has 0 aliphatic heterocycles. The van der Waals surface area contributed by atoms with Crippen molar-refractivity contribution in [2.45, 2.75) is 37.3 Å². The highest BCUT2D eigenvalue weighted by molar-refractivity contribution is 5.37. The fraction of sp³-hybridized carbons (Fsp3) is 0.538. The van der Waals surface area contributed by atoms with Gasteiger partial charge >= 0.3 is 0 Å². The van der Waals surface area contributed by atoms with Gasteiger partial charge in [0.2, 0.25) is 0 Å². The van der Waals surface area contributed by atoms with E-state index in [4.69, 9.17) is 10.3 Å². The fourth-order valence-electron chi connectivity index (χ4n) is 2.62. The van der Waals surface area contributed by atoms with Gasteiger partial charge in [0.05, 0.1) is 13.2 Å². The Morgan fingerprint density at radius 2 is 2.17 bits per heavy atom. The number of nitrogens with zero attached hydrogens (tertiary/aromatic N) is 3. The third-order valence-electron chi connectivity index (χ3n) is 3.54. The van der Waals surface area contributed by atoms with Crippen LogP contribution in [0.25, 0.3) is 10.4 Å². The molecule has 96 valence electrons. The minimum atomic E-state index is -0.397. The summed E-state index contributed by atoms with van der Waals surface area (Å²) in [6.45, 7) is 0. The number of aliphatic hydroxyl groups is 1. The molecule has 1 fully saturated rings. The molecule has 0 amide bonds. The highest BCUT2D eigenvalue weighted by Gasteiger charge is 2.31. The van der Waals surface area contributed by atoms with Gasteiger partial charge in [0.1, 0.15) is 5.75 Å². The molecule has 1 aliphatic rings. The second-order valence-electron chi connectivity index (χ2n) is 4.59. The van der Waals surface area contributed by atoms with Crippen LogP contribution < -0.4 is 4.74 Å². The summed E-state index contributed by atoms with van der Waals surface area (Å²) in [6.07, 6.45) is 1.68. The van der Waals surface area contributed by atoms with E-state index in [2.05, 4.69) is 10.0 Å². The maximum Gasteiger partial charge on any atom is 0.122 e. The minimum Gasteiger partial charge on any atom is -0.496 e. The Kier molecular flexibility index (Phi) is 4.07. The first kappa shape index (κ1) is 12.7. The quantitative estimate of drug-likeness (QED) is 0.506. The standard InChI is InChI=1S/C13H17N3O2/c1-18-13-5-3-2-4-10(13)11-8-9(15-16-14)6-7-12(11)17/h2-5,9,11-12,17H,6-8H2,1H3/t9-,11+,12-/m1/s1. The van der Waals surface area contributed by atoms with Gasteiger partial charge in [-0.2, -0.15) is 0 Å². The smallest absolute Gasteiger partial charge is 0.122 e. The summed E-state index contributed by atoms with van der Waals surface area (Å²) in [5.41, 5.74) is 9.50. The Morgan fingerprint density at radius 1 is 1.39 bits per heavy atom. The SMILES string of the molecule is COc1ccccc1[C@@H]1C[C@H](N=[N+]=[N-])CC[C@H]1O. The molecule has 1 aromatic rings. The Balaban J connectivity index is 2.26. The number of azide groups is 1. The van der Waals surface area contributed by atoms with Gasteiger partial charge in [-0.25, -0.2) is 0 Å². The zero-order chi connectivity index (χ0) is 13.0. The number of benzene rings is 1. The van der Waals surface area contributed by atoms with Crippen molar-refractivity contribution < 1.29 is 9.84 Å². The molecule has 0 heterocycles. The molecule has 5 heteroatoms. The number of ether oxygens (including phenoxy) is 1. The average molecular weight is 247 g/mol. The molecule has 2 rings (SSSR count). The van der Waals surface area contributed by atoms with Gasteiger partial charge in [-0.1, -0.05) is 23.3 Å². The molecule has 3 atom stereocenters. The average Bonchev–Trinajstić information content (AvgIpc) is 2.41. The third-order valence-corrected chi connectivity index (χ3v) is 3.54. The van der Waals surface area contributed by atoms with Crippen molar-refractivity contribution in [1.29, 1.82) is 0 Å². The lowest BCUT2D eigenvalue weighted by Gasteiger charge is -2.32. The van der Waals surface area contributed by atoms with Gasteiger partial charge in [0.25, 0.3) is 0 Å². The van der Waals surface area contributed by atoms with Crippen molar-refractivity contribution in [1.82, 2.24) is 0 Å². The summed E-state index contributed by atoms with van der Waals surface area (Å²) in [6, 6.07) is 7.66. The van der Waals surface area contributed by atoms with Crippen LogP contribution in [0, 0.1) is 0 Å². The van der Waals surface area contributed by atoms with Gasteiger partial charge in [0, 0.05) is 16.9 Å². The Bertz CT molecular complexity index is 457. The van der Waals surface area contributed by atoms with Crippen LogP contribution in [0.5, 0.6) is 5.75 Å². The number of aliphatic hydroxyl groups excluding tert-OH is 1. The lowest BCUT2D eigenvalue weighted by Crippen LogP contribution is -2.29. The second kappa shape index (κ2) is 5.76. The summed E-state index contributed by atoms with van der Waals surface area (Å²) in [7, 11) is 1.62. The number of para-hydroxylation sites is 1. The van der Waals surface area contributed by atoms with E-state index in [0.717, 1.165) is 17.7 Å². The molecule has 1 saturated carbocycles. The van der Waals surface area contributed by atoms with E-state index in [0.29, 0.717) is 12.8 Å². The van der Waals surface area contributed by atoms with Crippen molar-refractivity contribution in [3.05, 3.63) is 40.3 Å². The molecule has 0 saturated heterocycles. The van der Waals surface area contributed by atoms with E-state index in [1.54, 1.807) is 7.11 Å². The van der Waals surface area contributed by atoms with E-state index in [1.807, 2.05) is 24.3 Å². The summed E-state index contributed by atoms with van der Waals surface area (Å²) in [5, 5.41) is 13.9. The van der Waals surface area contributed by atoms with Gasteiger partial charge in [-0.05, 0) is 36.4 Å². The summed E-state index contributed by atoms with van der Waals surface area (Å²) < 4.78 is 5.33. The van der Waals surface area contributed by atoms with Crippen molar-refractivity contribution in [3.63, 3.8) is 0 Å². The summed E-state index contributed by atoms with van der Waals surface area (Å²) in [5.74, 6) is 0.758. The highest BCUT2D eigenvalue weighted by Crippen LogP contribution is 2.38. The number of rotatable bonds is 3. The Labute approximate surface area is 106 Å². The van der Waals surface area contributed by atoms with Crippen molar-refractivity contribution >= 4 is 0 Å². The largest absolute Gasteiger partial charge is 0.496 e. The molecule has 1 aromatic carbocycles. The maximum atomic E-state index is 10.1. The van der Waals surface area contributed by atoms with E-state index in [1.165, 1.54) is 0 Å². The normalized spacial score (nSPS) is 27.3. The topological polar surface area (TPSA) is 78.2 Å². The monoisotopic (exact) mass is 247 g/mol. The molecule has 1 aliphatic carbocycles. The molecule has 0 spiro atoms. The first-order chi connectivity index (χ1) is 8.76. The van der Waals surface area contributed by atoms with Gasteiger partial charge < -0.3 is 9.84 Å². The van der Waals surface area contributed by atoms with Gasteiger partial charge in [-0.3, -0.25) is 0 Å². The molecule has 1 N–H and O–H groups in total. The van der Waals surface area contributed by atoms with E-state index in [-0.39, 0.29) is 12.0 Å². The number of methoxy groups -OCH3 is 1. The first-order valence-corrected chi connectivity index (χ1v) is 6.11. The molecular formula is C13H17N3O2. The maximum absolute atomic E-state index is 10.1. The van der Waals surface area contributed by atoms with E-state index < -0.39 is 6.10 Å².